The number of aromatic hydroxyl groups is 1. The van der Waals surface area contributed by atoms with Crippen molar-refractivity contribution in [2.24, 2.45) is 0 Å². The zero-order valence-electron chi connectivity index (χ0n) is 17.4. The van der Waals surface area contributed by atoms with Gasteiger partial charge in [0.25, 0.3) is 0 Å². The first-order valence-corrected chi connectivity index (χ1v) is 10.4. The average molecular weight is 402 g/mol. The fourth-order valence-corrected chi connectivity index (χ4v) is 4.52. The van der Waals surface area contributed by atoms with Crippen LogP contribution in [0.5, 0.6) is 5.75 Å². The molecule has 3 aromatic rings. The van der Waals surface area contributed by atoms with E-state index in [1.165, 1.54) is 22.3 Å². The summed E-state index contributed by atoms with van der Waals surface area (Å²) in [6, 6.07) is 18.7. The number of phenols is 1. The molecular weight excluding hydrogens is 374 g/mol. The molecule has 4 heteroatoms. The lowest BCUT2D eigenvalue weighted by molar-refractivity contribution is -0.136. The number of rotatable bonds is 5. The summed E-state index contributed by atoms with van der Waals surface area (Å²) >= 11 is 0. The highest BCUT2D eigenvalue weighted by atomic mass is 16.4. The number of carboxylic acids is 1. The summed E-state index contributed by atoms with van der Waals surface area (Å²) < 4.78 is 0. The van der Waals surface area contributed by atoms with E-state index < -0.39 is 5.97 Å². The van der Waals surface area contributed by atoms with Gasteiger partial charge in [0.2, 0.25) is 0 Å². The van der Waals surface area contributed by atoms with Crippen molar-refractivity contribution in [2.75, 3.05) is 5.32 Å². The van der Waals surface area contributed by atoms with Gasteiger partial charge in [0.1, 0.15) is 5.75 Å². The second-order valence-corrected chi connectivity index (χ2v) is 8.20. The summed E-state index contributed by atoms with van der Waals surface area (Å²) in [5, 5.41) is 22.4. The first kappa shape index (κ1) is 20.0. The number of aryl methyl sites for hydroxylation is 4. The molecule has 1 atom stereocenters. The number of carbonyl (C=O) groups is 1. The molecule has 154 valence electrons. The van der Waals surface area contributed by atoms with Gasteiger partial charge in [-0.15, -0.1) is 0 Å². The molecule has 3 aromatic carbocycles. The summed E-state index contributed by atoms with van der Waals surface area (Å²) in [6.45, 7) is 4.07. The van der Waals surface area contributed by atoms with Gasteiger partial charge in [-0.25, -0.2) is 0 Å². The lowest BCUT2D eigenvalue weighted by atomic mass is 9.89. The highest BCUT2D eigenvalue weighted by Gasteiger charge is 2.20. The zero-order chi connectivity index (χ0) is 21.3. The molecule has 30 heavy (non-hydrogen) atoms. The average Bonchev–Trinajstić information content (AvgIpc) is 2.71. The van der Waals surface area contributed by atoms with E-state index in [4.69, 9.17) is 5.11 Å². The van der Waals surface area contributed by atoms with E-state index >= 15 is 0 Å². The number of anilines is 1. The van der Waals surface area contributed by atoms with E-state index in [2.05, 4.69) is 41.7 Å². The number of phenolic OH excluding ortho intramolecular Hbond substituents is 1. The van der Waals surface area contributed by atoms with Crippen molar-refractivity contribution in [2.45, 2.75) is 45.6 Å². The predicted molar refractivity (Wildman–Crippen MR) is 120 cm³/mol. The molecule has 0 radical (unpaired) electrons. The highest BCUT2D eigenvalue weighted by molar-refractivity contribution is 5.73. The number of fused-ring (bicyclic) bond motifs is 1. The molecule has 0 spiro atoms. The highest BCUT2D eigenvalue weighted by Crippen LogP contribution is 2.36. The van der Waals surface area contributed by atoms with E-state index in [-0.39, 0.29) is 12.5 Å². The maximum absolute atomic E-state index is 10.8. The van der Waals surface area contributed by atoms with Gasteiger partial charge in [-0.3, -0.25) is 4.79 Å². The van der Waals surface area contributed by atoms with Gasteiger partial charge < -0.3 is 15.5 Å². The lowest BCUT2D eigenvalue weighted by Gasteiger charge is -2.28. The maximum atomic E-state index is 10.8. The molecule has 0 fully saturated rings. The molecule has 1 heterocycles. The fourth-order valence-electron chi connectivity index (χ4n) is 4.52. The first-order valence-electron chi connectivity index (χ1n) is 10.4. The molecule has 0 aliphatic carbocycles. The third-order valence-corrected chi connectivity index (χ3v) is 5.92. The summed E-state index contributed by atoms with van der Waals surface area (Å²) in [6.07, 6.45) is 2.69. The largest absolute Gasteiger partial charge is 0.508 e. The van der Waals surface area contributed by atoms with Crippen LogP contribution in [-0.4, -0.2) is 16.2 Å². The molecule has 0 saturated heterocycles. The van der Waals surface area contributed by atoms with Crippen LogP contribution in [0.3, 0.4) is 0 Å². The molecular formula is C26H27NO3. The molecule has 4 nitrogen and oxygen atoms in total. The molecule has 4 rings (SSSR count). The molecule has 0 amide bonds. The van der Waals surface area contributed by atoms with Gasteiger partial charge in [-0.05, 0) is 96.3 Å². The molecule has 1 unspecified atom stereocenters. The normalized spacial score (nSPS) is 15.3. The van der Waals surface area contributed by atoms with Gasteiger partial charge in [-0.1, -0.05) is 30.3 Å². The SMILES string of the molecule is Cc1cc(O)cc(C)c1-c1cccc(C2CCc3cc(CCC(=O)O)ccc3N2)c1. The summed E-state index contributed by atoms with van der Waals surface area (Å²) in [5.74, 6) is -0.455. The van der Waals surface area contributed by atoms with Crippen molar-refractivity contribution >= 4 is 11.7 Å². The Morgan fingerprint density at radius 2 is 1.83 bits per heavy atom. The van der Waals surface area contributed by atoms with Gasteiger partial charge in [-0.2, -0.15) is 0 Å². The second kappa shape index (κ2) is 8.23. The Hall–Kier alpha value is -3.27. The standard InChI is InChI=1S/C26H27NO3/c1-16-12-22(28)13-17(2)26(16)21-5-3-4-19(15-21)24-10-8-20-14-18(7-11-25(29)30)6-9-23(20)27-24/h3-6,9,12-15,24,27-28H,7-8,10-11H2,1-2H3,(H,29,30). The topological polar surface area (TPSA) is 69.6 Å². The minimum atomic E-state index is -0.759. The fraction of sp³-hybridized carbons (Fsp3) is 0.269. The van der Waals surface area contributed by atoms with E-state index in [0.29, 0.717) is 12.2 Å². The van der Waals surface area contributed by atoms with Crippen LogP contribution >= 0.6 is 0 Å². The Balaban J connectivity index is 1.57. The number of aliphatic carboxylic acids is 1. The quantitative estimate of drug-likeness (QED) is 0.506. The van der Waals surface area contributed by atoms with Crippen LogP contribution in [0.2, 0.25) is 0 Å². The molecule has 3 N–H and O–H groups in total. The Morgan fingerprint density at radius 3 is 2.57 bits per heavy atom. The molecule has 0 aromatic heterocycles. The summed E-state index contributed by atoms with van der Waals surface area (Å²) in [4.78, 5) is 10.8. The third kappa shape index (κ3) is 4.18. The number of carboxylic acid groups (broad SMARTS) is 1. The monoisotopic (exact) mass is 401 g/mol. The molecule has 1 aliphatic rings. The zero-order valence-corrected chi connectivity index (χ0v) is 17.4. The van der Waals surface area contributed by atoms with Crippen LogP contribution in [0.1, 0.15) is 46.7 Å². The third-order valence-electron chi connectivity index (χ3n) is 5.92. The number of hydrogen-bond donors (Lipinski definition) is 3. The predicted octanol–water partition coefficient (Wildman–Crippen LogP) is 5.79. The van der Waals surface area contributed by atoms with Gasteiger partial charge in [0.15, 0.2) is 0 Å². The van der Waals surface area contributed by atoms with E-state index in [9.17, 15) is 9.90 Å². The van der Waals surface area contributed by atoms with E-state index in [1.807, 2.05) is 32.0 Å². The van der Waals surface area contributed by atoms with Crippen LogP contribution in [0.4, 0.5) is 5.69 Å². The van der Waals surface area contributed by atoms with E-state index in [0.717, 1.165) is 35.2 Å². The van der Waals surface area contributed by atoms with Crippen molar-refractivity contribution in [3.63, 3.8) is 0 Å². The second-order valence-electron chi connectivity index (χ2n) is 8.20. The van der Waals surface area contributed by atoms with Crippen LogP contribution in [0.25, 0.3) is 11.1 Å². The Morgan fingerprint density at radius 1 is 1.07 bits per heavy atom. The van der Waals surface area contributed by atoms with Gasteiger partial charge in [0.05, 0.1) is 6.04 Å². The maximum Gasteiger partial charge on any atom is 0.303 e. The van der Waals surface area contributed by atoms with Crippen LogP contribution in [0.15, 0.2) is 54.6 Å². The van der Waals surface area contributed by atoms with Crippen molar-refractivity contribution in [1.82, 2.24) is 0 Å². The number of benzene rings is 3. The van der Waals surface area contributed by atoms with Crippen molar-refractivity contribution < 1.29 is 15.0 Å². The van der Waals surface area contributed by atoms with E-state index in [1.54, 1.807) is 0 Å². The molecule has 0 saturated carbocycles. The first-order chi connectivity index (χ1) is 14.4. The number of hydrogen-bond acceptors (Lipinski definition) is 3. The van der Waals surface area contributed by atoms with Crippen LogP contribution in [0, 0.1) is 13.8 Å². The number of nitrogens with one attached hydrogen (secondary N) is 1. The smallest absolute Gasteiger partial charge is 0.303 e. The molecule has 0 bridgehead atoms. The summed E-state index contributed by atoms with van der Waals surface area (Å²) in [7, 11) is 0. The Labute approximate surface area is 177 Å². The lowest BCUT2D eigenvalue weighted by Crippen LogP contribution is -2.18. The van der Waals surface area contributed by atoms with Crippen LogP contribution in [-0.2, 0) is 17.6 Å². The summed E-state index contributed by atoms with van der Waals surface area (Å²) in [5.41, 5.74) is 9.20. The van der Waals surface area contributed by atoms with Crippen molar-refractivity contribution in [3.8, 4) is 16.9 Å². The molecule has 1 aliphatic heterocycles. The van der Waals surface area contributed by atoms with Crippen molar-refractivity contribution in [1.29, 1.82) is 0 Å². The Bertz CT molecular complexity index is 1080. The van der Waals surface area contributed by atoms with Gasteiger partial charge in [0, 0.05) is 12.1 Å². The minimum Gasteiger partial charge on any atom is -0.508 e. The Kier molecular flexibility index (Phi) is 5.49. The van der Waals surface area contributed by atoms with Crippen LogP contribution < -0.4 is 5.32 Å². The minimum absolute atomic E-state index is 0.164. The van der Waals surface area contributed by atoms with Gasteiger partial charge >= 0.3 is 5.97 Å². The van der Waals surface area contributed by atoms with Crippen molar-refractivity contribution in [3.05, 3.63) is 82.4 Å².